The smallest absolute Gasteiger partial charge is 0.157 e. The highest BCUT2D eigenvalue weighted by molar-refractivity contribution is 5.85. The summed E-state index contributed by atoms with van der Waals surface area (Å²) in [7, 11) is 1.36. The van der Waals surface area contributed by atoms with Gasteiger partial charge in [-0.25, -0.2) is 0 Å². The van der Waals surface area contributed by atoms with Crippen molar-refractivity contribution >= 4 is 6.29 Å². The van der Waals surface area contributed by atoms with E-state index in [1.54, 1.807) is 0 Å². The molecule has 0 aliphatic heterocycles. The van der Waals surface area contributed by atoms with Crippen LogP contribution in [-0.2, 0) is 0 Å². The van der Waals surface area contributed by atoms with Gasteiger partial charge in [-0.15, -0.1) is 0 Å². The van der Waals surface area contributed by atoms with Gasteiger partial charge >= 0.3 is 0 Å². The van der Waals surface area contributed by atoms with E-state index in [9.17, 15) is 15.0 Å². The fourth-order valence-corrected chi connectivity index (χ4v) is 1.03. The summed E-state index contributed by atoms with van der Waals surface area (Å²) in [6, 6.07) is 1.29. The quantitative estimate of drug-likeness (QED) is 0.675. The van der Waals surface area contributed by atoms with Crippen LogP contribution in [0.2, 0.25) is 0 Å². The summed E-state index contributed by atoms with van der Waals surface area (Å²) in [5.74, 6) is -0.178. The van der Waals surface area contributed by atoms with Gasteiger partial charge in [-0.3, -0.25) is 4.79 Å². The third-order valence-corrected chi connectivity index (χ3v) is 1.87. The minimum atomic E-state index is -0.244. The van der Waals surface area contributed by atoms with Crippen LogP contribution in [0, 0.1) is 6.92 Å². The molecule has 1 aromatic rings. The number of phenolic OH excluding ortho intramolecular Hbond substituents is 2. The number of rotatable bonds is 2. The zero-order valence-corrected chi connectivity index (χ0v) is 7.37. The maximum absolute atomic E-state index is 10.5. The Labute approximate surface area is 75.4 Å². The molecule has 70 valence electrons. The molecule has 0 spiro atoms. The first-order valence-corrected chi connectivity index (χ1v) is 3.66. The van der Waals surface area contributed by atoms with Crippen molar-refractivity contribution in [1.29, 1.82) is 0 Å². The van der Waals surface area contributed by atoms with Gasteiger partial charge in [0.1, 0.15) is 17.2 Å². The predicted molar refractivity (Wildman–Crippen MR) is 46.4 cm³/mol. The summed E-state index contributed by atoms with van der Waals surface area (Å²) in [4.78, 5) is 10.5. The molecule has 0 saturated carbocycles. The Hall–Kier alpha value is -1.71. The second kappa shape index (κ2) is 3.35. The normalized spacial score (nSPS) is 9.69. The van der Waals surface area contributed by atoms with E-state index in [4.69, 9.17) is 4.74 Å². The summed E-state index contributed by atoms with van der Waals surface area (Å²) in [5, 5.41) is 18.7. The van der Waals surface area contributed by atoms with E-state index in [0.29, 0.717) is 6.29 Å². The molecule has 0 bridgehead atoms. The van der Waals surface area contributed by atoms with Crippen molar-refractivity contribution in [3.63, 3.8) is 0 Å². The van der Waals surface area contributed by atoms with Gasteiger partial charge in [-0.1, -0.05) is 0 Å². The van der Waals surface area contributed by atoms with Crippen LogP contribution in [0.25, 0.3) is 0 Å². The number of carbonyl (C=O) groups is 1. The molecule has 13 heavy (non-hydrogen) atoms. The number of ether oxygens (including phenoxy) is 1. The molecular weight excluding hydrogens is 172 g/mol. The summed E-state index contributed by atoms with van der Waals surface area (Å²) in [6.45, 7) is 1.51. The number of methoxy groups -OCH3 is 1. The van der Waals surface area contributed by atoms with Crippen molar-refractivity contribution in [2.75, 3.05) is 7.11 Å². The van der Waals surface area contributed by atoms with Gasteiger partial charge in [0.2, 0.25) is 0 Å². The number of aldehydes is 1. The summed E-state index contributed by atoms with van der Waals surface area (Å²) >= 11 is 0. The summed E-state index contributed by atoms with van der Waals surface area (Å²) in [5.41, 5.74) is 0.320. The average Bonchev–Trinajstić information content (AvgIpc) is 2.13. The predicted octanol–water partition coefficient (Wildman–Crippen LogP) is 1.23. The van der Waals surface area contributed by atoms with Gasteiger partial charge in [0.05, 0.1) is 12.7 Å². The van der Waals surface area contributed by atoms with E-state index in [-0.39, 0.29) is 28.4 Å². The summed E-state index contributed by atoms with van der Waals surface area (Å²) < 4.78 is 4.80. The molecule has 0 amide bonds. The van der Waals surface area contributed by atoms with E-state index >= 15 is 0 Å². The standard InChI is InChI=1S/C9H10O4/c1-5-7(11)3-8(13-2)6(4-10)9(5)12/h3-4,11-12H,1-2H3. The van der Waals surface area contributed by atoms with Crippen LogP contribution in [0.1, 0.15) is 15.9 Å². The molecule has 0 atom stereocenters. The fraction of sp³-hybridized carbons (Fsp3) is 0.222. The third kappa shape index (κ3) is 1.42. The number of hydrogen-bond donors (Lipinski definition) is 2. The van der Waals surface area contributed by atoms with Crippen LogP contribution in [0.4, 0.5) is 0 Å². The van der Waals surface area contributed by atoms with Crippen LogP contribution in [0.3, 0.4) is 0 Å². The van der Waals surface area contributed by atoms with Crippen molar-refractivity contribution in [2.45, 2.75) is 6.92 Å². The van der Waals surface area contributed by atoms with Crippen LogP contribution >= 0.6 is 0 Å². The van der Waals surface area contributed by atoms with Gasteiger partial charge in [-0.2, -0.15) is 0 Å². The van der Waals surface area contributed by atoms with E-state index in [1.807, 2.05) is 0 Å². The lowest BCUT2D eigenvalue weighted by Crippen LogP contribution is -1.93. The number of benzene rings is 1. The molecule has 0 aliphatic rings. The highest BCUT2D eigenvalue weighted by Gasteiger charge is 2.14. The Morgan fingerprint density at radius 1 is 1.46 bits per heavy atom. The lowest BCUT2D eigenvalue weighted by atomic mass is 10.1. The third-order valence-electron chi connectivity index (χ3n) is 1.87. The number of aromatic hydroxyl groups is 2. The second-order valence-electron chi connectivity index (χ2n) is 2.60. The van der Waals surface area contributed by atoms with Gasteiger partial charge in [0.25, 0.3) is 0 Å². The minimum absolute atomic E-state index is 0.0535. The zero-order chi connectivity index (χ0) is 10.0. The van der Waals surface area contributed by atoms with E-state index < -0.39 is 0 Å². The molecule has 1 rings (SSSR count). The van der Waals surface area contributed by atoms with Crippen molar-refractivity contribution in [1.82, 2.24) is 0 Å². The fourth-order valence-electron chi connectivity index (χ4n) is 1.03. The van der Waals surface area contributed by atoms with Crippen LogP contribution in [0.5, 0.6) is 17.2 Å². The SMILES string of the molecule is COc1cc(O)c(C)c(O)c1C=O. The average molecular weight is 182 g/mol. The second-order valence-corrected chi connectivity index (χ2v) is 2.60. The lowest BCUT2D eigenvalue weighted by Gasteiger charge is -2.09. The summed E-state index contributed by atoms with van der Waals surface area (Å²) in [6.07, 6.45) is 0.487. The molecule has 0 unspecified atom stereocenters. The van der Waals surface area contributed by atoms with Gasteiger partial charge in [-0.05, 0) is 6.92 Å². The first-order chi connectivity index (χ1) is 6.11. The van der Waals surface area contributed by atoms with Crippen LogP contribution in [0.15, 0.2) is 6.07 Å². The van der Waals surface area contributed by atoms with Gasteiger partial charge < -0.3 is 14.9 Å². The molecule has 1 aromatic carbocycles. The largest absolute Gasteiger partial charge is 0.507 e. The van der Waals surface area contributed by atoms with Crippen molar-refractivity contribution in [3.8, 4) is 17.2 Å². The number of phenols is 2. The molecule has 2 N–H and O–H groups in total. The maximum Gasteiger partial charge on any atom is 0.157 e. The Kier molecular flexibility index (Phi) is 2.41. The monoisotopic (exact) mass is 182 g/mol. The first kappa shape index (κ1) is 9.38. The molecule has 0 radical (unpaired) electrons. The lowest BCUT2D eigenvalue weighted by molar-refractivity contribution is 0.111. The molecule has 0 fully saturated rings. The Balaban J connectivity index is 3.47. The molecule has 0 saturated heterocycles. The van der Waals surface area contributed by atoms with Crippen molar-refractivity contribution < 1.29 is 19.7 Å². The molecule has 4 heteroatoms. The minimum Gasteiger partial charge on any atom is -0.507 e. The van der Waals surface area contributed by atoms with Crippen molar-refractivity contribution in [3.05, 3.63) is 17.2 Å². The number of carbonyl (C=O) groups excluding carboxylic acids is 1. The van der Waals surface area contributed by atoms with Gasteiger partial charge in [0.15, 0.2) is 6.29 Å². The van der Waals surface area contributed by atoms with E-state index in [1.165, 1.54) is 20.1 Å². The number of hydrogen-bond acceptors (Lipinski definition) is 4. The molecule has 0 aliphatic carbocycles. The topological polar surface area (TPSA) is 66.8 Å². The highest BCUT2D eigenvalue weighted by Crippen LogP contribution is 2.35. The first-order valence-electron chi connectivity index (χ1n) is 3.66. The Morgan fingerprint density at radius 3 is 2.54 bits per heavy atom. The van der Waals surface area contributed by atoms with Crippen molar-refractivity contribution in [2.24, 2.45) is 0 Å². The van der Waals surface area contributed by atoms with Gasteiger partial charge in [0, 0.05) is 11.6 Å². The van der Waals surface area contributed by atoms with Crippen LogP contribution in [-0.4, -0.2) is 23.6 Å². The van der Waals surface area contributed by atoms with E-state index in [0.717, 1.165) is 0 Å². The Bertz CT molecular complexity index is 344. The molecule has 0 aromatic heterocycles. The molecule has 0 heterocycles. The van der Waals surface area contributed by atoms with Crippen LogP contribution < -0.4 is 4.74 Å². The Morgan fingerprint density at radius 2 is 2.08 bits per heavy atom. The highest BCUT2D eigenvalue weighted by atomic mass is 16.5. The maximum atomic E-state index is 10.5. The molecular formula is C9H10O4. The van der Waals surface area contributed by atoms with E-state index in [2.05, 4.69) is 0 Å². The zero-order valence-electron chi connectivity index (χ0n) is 7.37. The molecule has 4 nitrogen and oxygen atoms in total.